The van der Waals surface area contributed by atoms with Crippen LogP contribution in [0.25, 0.3) is 0 Å². The first-order valence-electron chi connectivity index (χ1n) is 8.17. The van der Waals surface area contributed by atoms with Crippen LogP contribution in [-0.2, 0) is 13.6 Å². The third-order valence-electron chi connectivity index (χ3n) is 5.10. The summed E-state index contributed by atoms with van der Waals surface area (Å²) >= 11 is 0. The van der Waals surface area contributed by atoms with Gasteiger partial charge in [-0.1, -0.05) is 41.5 Å². The minimum absolute atomic E-state index is 0.0104. The van der Waals surface area contributed by atoms with Crippen molar-refractivity contribution in [2.24, 2.45) is 0 Å². The molecule has 0 heterocycles. The third kappa shape index (κ3) is 7.37. The second kappa shape index (κ2) is 7.67. The Bertz CT molecular complexity index is 394. The molecule has 0 aromatic rings. The molecule has 1 atom stereocenters. The molecule has 0 aliphatic carbocycles. The van der Waals surface area contributed by atoms with Gasteiger partial charge in [0.25, 0.3) is 0 Å². The highest BCUT2D eigenvalue weighted by atomic mass is 28.4. The number of hydrogen-bond donors (Lipinski definition) is 1. The lowest BCUT2D eigenvalue weighted by Gasteiger charge is -2.41. The smallest absolute Gasteiger partial charge is 0.450 e. The van der Waals surface area contributed by atoms with E-state index in [1.807, 2.05) is 0 Å². The van der Waals surface area contributed by atoms with Crippen LogP contribution in [0.3, 0.4) is 0 Å². The molecule has 0 fully saturated rings. The summed E-state index contributed by atoms with van der Waals surface area (Å²) in [5.41, 5.74) is 0. The molecule has 23 heavy (non-hydrogen) atoms. The van der Waals surface area contributed by atoms with Gasteiger partial charge in [0, 0.05) is 0 Å². The van der Waals surface area contributed by atoms with Gasteiger partial charge in [-0.15, -0.1) is 0 Å². The van der Waals surface area contributed by atoms with Crippen LogP contribution in [0.5, 0.6) is 0 Å². The molecule has 138 valence electrons. The predicted octanol–water partition coefficient (Wildman–Crippen LogP) is 5.09. The number of rotatable bonds is 7. The summed E-state index contributed by atoms with van der Waals surface area (Å²) in [6.45, 7) is 22.0. The zero-order chi connectivity index (χ0) is 18.7. The van der Waals surface area contributed by atoms with Gasteiger partial charge in [-0.2, -0.15) is 0 Å². The lowest BCUT2D eigenvalue weighted by Crippen LogP contribution is -2.49. The minimum atomic E-state index is -2.02. The molecule has 0 bridgehead atoms. The predicted molar refractivity (Wildman–Crippen MR) is 99.2 cm³/mol. The second-order valence-corrected chi connectivity index (χ2v) is 18.7. The van der Waals surface area contributed by atoms with Gasteiger partial charge < -0.3 is 18.7 Å². The number of hydrogen-bond acceptors (Lipinski definition) is 4. The Morgan fingerprint density at radius 2 is 1.35 bits per heavy atom. The summed E-state index contributed by atoms with van der Waals surface area (Å²) in [6, 6.07) is 0. The van der Waals surface area contributed by atoms with E-state index in [0.29, 0.717) is 6.61 Å². The van der Waals surface area contributed by atoms with Crippen LogP contribution >= 0.6 is 0 Å². The Hall–Kier alpha value is -0.376. The van der Waals surface area contributed by atoms with Crippen molar-refractivity contribution < 1.29 is 23.5 Å². The van der Waals surface area contributed by atoms with Crippen molar-refractivity contribution in [3.8, 4) is 0 Å². The summed E-state index contributed by atoms with van der Waals surface area (Å²) in [5.74, 6) is 0. The maximum Gasteiger partial charge on any atom is 0.505 e. The SMILES string of the molecule is CC(C)(C)[Si](C)(C)OC[C@H](COC(=O)O)O[Si](C)(C)C(C)(C)C. The lowest BCUT2D eigenvalue weighted by atomic mass is 10.2. The van der Waals surface area contributed by atoms with Gasteiger partial charge >= 0.3 is 6.16 Å². The molecular weight excluding hydrogens is 328 g/mol. The van der Waals surface area contributed by atoms with Crippen molar-refractivity contribution in [1.82, 2.24) is 0 Å². The quantitative estimate of drug-likeness (QED) is 0.503. The molecule has 0 saturated carbocycles. The summed E-state index contributed by atoms with van der Waals surface area (Å²) in [4.78, 5) is 10.7. The number of carbonyl (C=O) groups is 1. The summed E-state index contributed by atoms with van der Waals surface area (Å²) in [6.07, 6.45) is -1.64. The first-order valence-corrected chi connectivity index (χ1v) is 14.0. The van der Waals surface area contributed by atoms with Crippen LogP contribution < -0.4 is 0 Å². The highest BCUT2D eigenvalue weighted by molar-refractivity contribution is 6.74. The van der Waals surface area contributed by atoms with Gasteiger partial charge in [0.2, 0.25) is 0 Å². The molecule has 1 N–H and O–H groups in total. The van der Waals surface area contributed by atoms with E-state index in [2.05, 4.69) is 67.7 Å². The number of carboxylic acid groups (broad SMARTS) is 1. The van der Waals surface area contributed by atoms with E-state index in [1.54, 1.807) is 0 Å². The fourth-order valence-corrected chi connectivity index (χ4v) is 3.75. The normalized spacial score (nSPS) is 15.4. The van der Waals surface area contributed by atoms with Gasteiger partial charge in [0.15, 0.2) is 16.6 Å². The zero-order valence-electron chi connectivity index (χ0n) is 16.6. The van der Waals surface area contributed by atoms with E-state index >= 15 is 0 Å². The van der Waals surface area contributed by atoms with Gasteiger partial charge in [-0.3, -0.25) is 0 Å². The minimum Gasteiger partial charge on any atom is -0.450 e. The van der Waals surface area contributed by atoms with Gasteiger partial charge in [-0.05, 0) is 36.3 Å². The van der Waals surface area contributed by atoms with Gasteiger partial charge in [0.05, 0.1) is 6.61 Å². The first kappa shape index (κ1) is 22.6. The molecule has 0 aliphatic heterocycles. The average molecular weight is 365 g/mol. The highest BCUT2D eigenvalue weighted by Gasteiger charge is 2.41. The molecule has 0 aliphatic rings. The van der Waals surface area contributed by atoms with Crippen molar-refractivity contribution in [1.29, 1.82) is 0 Å². The Morgan fingerprint density at radius 3 is 1.70 bits per heavy atom. The van der Waals surface area contributed by atoms with Crippen LogP contribution in [0.15, 0.2) is 0 Å². The van der Waals surface area contributed by atoms with Crippen LogP contribution in [0, 0.1) is 0 Å². The Kier molecular flexibility index (Phi) is 7.55. The maximum atomic E-state index is 10.7. The van der Waals surface area contributed by atoms with E-state index in [9.17, 15) is 4.79 Å². The molecule has 5 nitrogen and oxygen atoms in total. The molecule has 7 heteroatoms. The Balaban J connectivity index is 5.00. The van der Waals surface area contributed by atoms with Crippen molar-refractivity contribution >= 4 is 22.8 Å². The molecule has 0 radical (unpaired) electrons. The van der Waals surface area contributed by atoms with Crippen LogP contribution in [0.2, 0.25) is 36.3 Å². The summed E-state index contributed by atoms with van der Waals surface area (Å²) in [7, 11) is -3.93. The molecule has 0 aromatic heterocycles. The highest BCUT2D eigenvalue weighted by Crippen LogP contribution is 2.39. The topological polar surface area (TPSA) is 65.0 Å². The fraction of sp³-hybridized carbons (Fsp3) is 0.938. The summed E-state index contributed by atoms with van der Waals surface area (Å²) < 4.78 is 17.3. The zero-order valence-corrected chi connectivity index (χ0v) is 18.6. The molecule has 0 aromatic carbocycles. The molecule has 0 amide bonds. The van der Waals surface area contributed by atoms with Gasteiger partial charge in [-0.25, -0.2) is 4.79 Å². The molecule has 0 saturated heterocycles. The molecule has 0 unspecified atom stereocenters. The fourth-order valence-electron chi connectivity index (χ4n) is 1.39. The van der Waals surface area contributed by atoms with Crippen molar-refractivity contribution in [2.75, 3.05) is 13.2 Å². The van der Waals surface area contributed by atoms with E-state index in [-0.39, 0.29) is 22.8 Å². The Morgan fingerprint density at radius 1 is 0.913 bits per heavy atom. The summed E-state index contributed by atoms with van der Waals surface area (Å²) in [5, 5.41) is 8.93. The lowest BCUT2D eigenvalue weighted by molar-refractivity contribution is 0.0227. The number of ether oxygens (including phenoxy) is 1. The monoisotopic (exact) mass is 364 g/mol. The first-order chi connectivity index (χ1) is 9.99. The van der Waals surface area contributed by atoms with E-state index in [4.69, 9.17) is 18.7 Å². The average Bonchev–Trinajstić information content (AvgIpc) is 2.29. The van der Waals surface area contributed by atoms with Crippen LogP contribution in [0.4, 0.5) is 4.79 Å². The van der Waals surface area contributed by atoms with E-state index in [1.165, 1.54) is 0 Å². The van der Waals surface area contributed by atoms with Crippen LogP contribution in [0.1, 0.15) is 41.5 Å². The third-order valence-corrected chi connectivity index (χ3v) is 14.1. The largest absolute Gasteiger partial charge is 0.505 e. The van der Waals surface area contributed by atoms with Crippen molar-refractivity contribution in [3.05, 3.63) is 0 Å². The van der Waals surface area contributed by atoms with Gasteiger partial charge in [0.1, 0.15) is 12.7 Å². The van der Waals surface area contributed by atoms with E-state index in [0.717, 1.165) is 0 Å². The molecule has 0 spiro atoms. The molecule has 0 rings (SSSR count). The van der Waals surface area contributed by atoms with Crippen molar-refractivity contribution in [3.63, 3.8) is 0 Å². The molecular formula is C16H36O5Si2. The van der Waals surface area contributed by atoms with E-state index < -0.39 is 22.8 Å². The Labute approximate surface area is 144 Å². The maximum absolute atomic E-state index is 10.7. The standard InChI is InChI=1S/C16H36O5Si2/c1-15(2,3)22(7,8)20-12-13(11-19-14(17)18)21-23(9,10)16(4,5)6/h13H,11-12H2,1-10H3,(H,17,18)/t13-/m0/s1. The second-order valence-electron chi connectivity index (χ2n) is 9.15. The van der Waals surface area contributed by atoms with Crippen molar-refractivity contribution in [2.45, 2.75) is 83.9 Å². The van der Waals surface area contributed by atoms with Crippen LogP contribution in [-0.4, -0.2) is 47.2 Å².